The zero-order chi connectivity index (χ0) is 20.9. The van der Waals surface area contributed by atoms with Crippen molar-refractivity contribution >= 4 is 58.5 Å². The van der Waals surface area contributed by atoms with Gasteiger partial charge in [-0.25, -0.2) is 4.68 Å². The maximum atomic E-state index is 12.3. The van der Waals surface area contributed by atoms with Crippen molar-refractivity contribution in [2.45, 2.75) is 11.1 Å². The fraction of sp³-hybridized carbons (Fsp3) is 0.238. The number of carbonyl (C=O) groups excluding carboxylic acids is 1. The summed E-state index contributed by atoms with van der Waals surface area (Å²) in [5.41, 5.74) is 2.14. The van der Waals surface area contributed by atoms with Crippen LogP contribution in [-0.2, 0) is 11.3 Å². The standard InChI is InChI=1S/C21H19Cl2N3O2S2/c22-16-4-1-15(18(23)11-16)12-26-19(7-8-24-26)25-20(27)13-28-17-5-2-14(3-6-17)21-29-9-10-30-21/h1-8,11,21H,9-10,12-13H2,(H,25,27). The molecule has 1 fully saturated rings. The molecule has 4 rings (SSSR count). The number of thioether (sulfide) groups is 2. The van der Waals surface area contributed by atoms with Gasteiger partial charge >= 0.3 is 0 Å². The molecule has 0 saturated carbocycles. The fourth-order valence-electron chi connectivity index (χ4n) is 2.98. The van der Waals surface area contributed by atoms with Crippen molar-refractivity contribution < 1.29 is 9.53 Å². The number of aromatic nitrogens is 2. The lowest BCUT2D eigenvalue weighted by atomic mass is 10.2. The predicted octanol–water partition coefficient (Wildman–Crippen LogP) is 5.73. The van der Waals surface area contributed by atoms with E-state index in [1.165, 1.54) is 17.1 Å². The average Bonchev–Trinajstić information content (AvgIpc) is 3.42. The van der Waals surface area contributed by atoms with Crippen LogP contribution in [-0.4, -0.2) is 33.8 Å². The van der Waals surface area contributed by atoms with Crippen LogP contribution in [0, 0.1) is 0 Å². The summed E-state index contributed by atoms with van der Waals surface area (Å²) in [5.74, 6) is 3.36. The molecular formula is C21H19Cl2N3O2S2. The lowest BCUT2D eigenvalue weighted by molar-refractivity contribution is -0.118. The highest BCUT2D eigenvalue weighted by molar-refractivity contribution is 8.19. The van der Waals surface area contributed by atoms with Crippen molar-refractivity contribution in [1.29, 1.82) is 0 Å². The van der Waals surface area contributed by atoms with Crippen molar-refractivity contribution in [1.82, 2.24) is 9.78 Å². The molecule has 0 bridgehead atoms. The predicted molar refractivity (Wildman–Crippen MR) is 126 cm³/mol. The highest BCUT2D eigenvalue weighted by Crippen LogP contribution is 2.45. The summed E-state index contributed by atoms with van der Waals surface area (Å²) in [6, 6.07) is 15.0. The third kappa shape index (κ3) is 5.46. The van der Waals surface area contributed by atoms with Crippen LogP contribution in [0.25, 0.3) is 0 Å². The highest BCUT2D eigenvalue weighted by Gasteiger charge is 2.18. The number of ether oxygens (including phenoxy) is 1. The Morgan fingerprint density at radius 3 is 2.63 bits per heavy atom. The molecule has 5 nitrogen and oxygen atoms in total. The van der Waals surface area contributed by atoms with Gasteiger partial charge in [0.1, 0.15) is 11.6 Å². The number of hydrogen-bond donors (Lipinski definition) is 1. The normalized spacial score (nSPS) is 14.1. The summed E-state index contributed by atoms with van der Waals surface area (Å²) in [4.78, 5) is 12.3. The van der Waals surface area contributed by atoms with Crippen LogP contribution in [0.1, 0.15) is 15.7 Å². The van der Waals surface area contributed by atoms with Crippen LogP contribution in [0.4, 0.5) is 5.82 Å². The number of halogens is 2. The summed E-state index contributed by atoms with van der Waals surface area (Å²) in [6.45, 7) is 0.331. The van der Waals surface area contributed by atoms with Crippen LogP contribution in [0.2, 0.25) is 10.0 Å². The topological polar surface area (TPSA) is 56.1 Å². The summed E-state index contributed by atoms with van der Waals surface area (Å²) in [6.07, 6.45) is 1.62. The summed E-state index contributed by atoms with van der Waals surface area (Å²) in [7, 11) is 0. The fourth-order valence-corrected chi connectivity index (χ4v) is 6.30. The number of amides is 1. The zero-order valence-corrected chi connectivity index (χ0v) is 19.0. The molecule has 30 heavy (non-hydrogen) atoms. The average molecular weight is 480 g/mol. The maximum Gasteiger partial charge on any atom is 0.263 e. The number of hydrogen-bond acceptors (Lipinski definition) is 5. The minimum Gasteiger partial charge on any atom is -0.484 e. The quantitative estimate of drug-likeness (QED) is 0.468. The zero-order valence-electron chi connectivity index (χ0n) is 15.9. The Morgan fingerprint density at radius 2 is 1.90 bits per heavy atom. The minimum atomic E-state index is -0.259. The van der Waals surface area contributed by atoms with Gasteiger partial charge in [0.15, 0.2) is 6.61 Å². The lowest BCUT2D eigenvalue weighted by Crippen LogP contribution is -2.22. The summed E-state index contributed by atoms with van der Waals surface area (Å²) < 4.78 is 7.80. The monoisotopic (exact) mass is 479 g/mol. The molecule has 2 heterocycles. The molecular weight excluding hydrogens is 461 g/mol. The van der Waals surface area contributed by atoms with Gasteiger partial charge in [-0.15, -0.1) is 23.5 Å². The van der Waals surface area contributed by atoms with E-state index in [1.54, 1.807) is 29.1 Å². The van der Waals surface area contributed by atoms with Gasteiger partial charge in [0.05, 0.1) is 17.3 Å². The van der Waals surface area contributed by atoms with Gasteiger partial charge in [0.2, 0.25) is 0 Å². The Morgan fingerprint density at radius 1 is 1.13 bits per heavy atom. The number of anilines is 1. The van der Waals surface area contributed by atoms with Gasteiger partial charge in [-0.3, -0.25) is 4.79 Å². The van der Waals surface area contributed by atoms with Crippen molar-refractivity contribution in [2.24, 2.45) is 0 Å². The van der Waals surface area contributed by atoms with E-state index in [4.69, 9.17) is 27.9 Å². The molecule has 156 valence electrons. The van der Waals surface area contributed by atoms with E-state index in [2.05, 4.69) is 22.5 Å². The second kappa shape index (κ2) is 10.0. The van der Waals surface area contributed by atoms with Crippen LogP contribution in [0.5, 0.6) is 5.75 Å². The molecule has 0 atom stereocenters. The molecule has 1 saturated heterocycles. The molecule has 0 spiro atoms. The van der Waals surface area contributed by atoms with Crippen molar-refractivity contribution in [3.63, 3.8) is 0 Å². The Kier molecular flexibility index (Phi) is 7.15. The number of nitrogens with one attached hydrogen (secondary N) is 1. The van der Waals surface area contributed by atoms with E-state index in [0.29, 0.717) is 32.7 Å². The molecule has 1 aromatic heterocycles. The molecule has 1 aliphatic rings. The van der Waals surface area contributed by atoms with E-state index < -0.39 is 0 Å². The van der Waals surface area contributed by atoms with Crippen molar-refractivity contribution in [3.05, 3.63) is 75.9 Å². The first-order valence-corrected chi connectivity index (χ1v) is 12.2. The molecule has 0 radical (unpaired) electrons. The second-order valence-corrected chi connectivity index (χ2v) is 10.2. The third-order valence-corrected chi connectivity index (χ3v) is 8.15. The van der Waals surface area contributed by atoms with E-state index >= 15 is 0 Å². The number of rotatable bonds is 7. The maximum absolute atomic E-state index is 12.3. The van der Waals surface area contributed by atoms with Crippen LogP contribution < -0.4 is 10.1 Å². The number of carbonyl (C=O) groups is 1. The molecule has 2 aromatic carbocycles. The molecule has 0 unspecified atom stereocenters. The Labute approximate surface area is 193 Å². The lowest BCUT2D eigenvalue weighted by Gasteiger charge is -2.12. The molecule has 9 heteroatoms. The molecule has 0 aliphatic carbocycles. The highest BCUT2D eigenvalue weighted by atomic mass is 35.5. The first-order valence-electron chi connectivity index (χ1n) is 9.30. The Bertz CT molecular complexity index is 1020. The van der Waals surface area contributed by atoms with E-state index in [0.717, 1.165) is 5.56 Å². The molecule has 1 N–H and O–H groups in total. The Hall–Kier alpha value is -1.80. The first kappa shape index (κ1) is 21.4. The van der Waals surface area contributed by atoms with Gasteiger partial charge < -0.3 is 10.1 Å². The third-order valence-electron chi connectivity index (χ3n) is 4.46. The smallest absolute Gasteiger partial charge is 0.263 e. The van der Waals surface area contributed by atoms with Gasteiger partial charge in [0.25, 0.3) is 5.91 Å². The summed E-state index contributed by atoms with van der Waals surface area (Å²) >= 11 is 16.1. The van der Waals surface area contributed by atoms with Gasteiger partial charge in [-0.2, -0.15) is 5.10 Å². The van der Waals surface area contributed by atoms with Crippen molar-refractivity contribution in [2.75, 3.05) is 23.4 Å². The van der Waals surface area contributed by atoms with Crippen LogP contribution >= 0.6 is 46.7 Å². The SMILES string of the molecule is O=C(COc1ccc(C2SCCS2)cc1)Nc1ccnn1Cc1ccc(Cl)cc1Cl. The molecule has 1 aliphatic heterocycles. The van der Waals surface area contributed by atoms with Crippen molar-refractivity contribution in [3.8, 4) is 5.75 Å². The van der Waals surface area contributed by atoms with Crippen LogP contribution in [0.15, 0.2) is 54.7 Å². The molecule has 1 amide bonds. The van der Waals surface area contributed by atoms with E-state index in [-0.39, 0.29) is 12.5 Å². The van der Waals surface area contributed by atoms with Crippen LogP contribution in [0.3, 0.4) is 0 Å². The molecule has 3 aromatic rings. The number of nitrogens with zero attached hydrogens (tertiary/aromatic N) is 2. The van der Waals surface area contributed by atoms with Gasteiger partial charge in [0, 0.05) is 27.6 Å². The van der Waals surface area contributed by atoms with E-state index in [9.17, 15) is 4.79 Å². The second-order valence-electron chi connectivity index (χ2n) is 6.59. The van der Waals surface area contributed by atoms with Gasteiger partial charge in [-0.1, -0.05) is 41.4 Å². The largest absolute Gasteiger partial charge is 0.484 e. The first-order chi connectivity index (χ1) is 14.6. The van der Waals surface area contributed by atoms with Gasteiger partial charge in [-0.05, 0) is 35.4 Å². The summed E-state index contributed by atoms with van der Waals surface area (Å²) in [5, 5.41) is 8.21. The number of benzene rings is 2. The minimum absolute atomic E-state index is 0.0842. The Balaban J connectivity index is 1.32. The van der Waals surface area contributed by atoms with E-state index in [1.807, 2.05) is 41.7 Å².